The predicted molar refractivity (Wildman–Crippen MR) is 79.5 cm³/mol. The molecule has 5 heteroatoms. The van der Waals surface area contributed by atoms with E-state index in [9.17, 15) is 0 Å². The number of thiazole rings is 1. The fourth-order valence-corrected chi connectivity index (χ4v) is 3.26. The fraction of sp³-hybridized carbons (Fsp3) is 0.786. The molecule has 1 aromatic heterocycles. The zero-order chi connectivity index (χ0) is 13.5. The Morgan fingerprint density at radius 1 is 1.47 bits per heavy atom. The van der Waals surface area contributed by atoms with Crippen molar-refractivity contribution in [3.05, 3.63) is 16.6 Å². The number of hydrogen-bond acceptors (Lipinski definition) is 5. The number of hydrogen-bond donors (Lipinski definition) is 2. The van der Waals surface area contributed by atoms with Crippen LogP contribution in [-0.4, -0.2) is 37.3 Å². The minimum Gasteiger partial charge on any atom is -0.379 e. The molecule has 1 saturated heterocycles. The summed E-state index contributed by atoms with van der Waals surface area (Å²) in [5, 5.41) is 10.5. The van der Waals surface area contributed by atoms with Gasteiger partial charge < -0.3 is 15.4 Å². The Bertz CT molecular complexity index is 344. The Morgan fingerprint density at radius 2 is 2.37 bits per heavy atom. The normalized spacial score (nSPS) is 24.7. The van der Waals surface area contributed by atoms with Gasteiger partial charge in [-0.1, -0.05) is 13.8 Å². The lowest BCUT2D eigenvalue weighted by atomic mass is 10.0. The molecule has 0 radical (unpaired) electrons. The number of rotatable bonds is 8. The summed E-state index contributed by atoms with van der Waals surface area (Å²) in [5.74, 6) is 0.570. The van der Waals surface area contributed by atoms with Crippen LogP contribution in [0.15, 0.2) is 11.6 Å². The quantitative estimate of drug-likeness (QED) is 0.768. The molecule has 3 unspecified atom stereocenters. The molecule has 19 heavy (non-hydrogen) atoms. The average Bonchev–Trinajstić information content (AvgIpc) is 3.08. The lowest BCUT2D eigenvalue weighted by Crippen LogP contribution is -2.41. The summed E-state index contributed by atoms with van der Waals surface area (Å²) in [7, 11) is 0. The van der Waals surface area contributed by atoms with Crippen LogP contribution in [-0.2, 0) is 4.74 Å². The van der Waals surface area contributed by atoms with E-state index in [1.165, 1.54) is 11.4 Å². The summed E-state index contributed by atoms with van der Waals surface area (Å²) in [6.45, 7) is 8.19. The lowest BCUT2D eigenvalue weighted by Gasteiger charge is -2.22. The third kappa shape index (κ3) is 4.24. The largest absolute Gasteiger partial charge is 0.379 e. The number of ether oxygens (including phenoxy) is 1. The second-order valence-electron chi connectivity index (χ2n) is 5.10. The highest BCUT2D eigenvalue weighted by atomic mass is 32.1. The summed E-state index contributed by atoms with van der Waals surface area (Å²) >= 11 is 1.73. The van der Waals surface area contributed by atoms with E-state index >= 15 is 0 Å². The van der Waals surface area contributed by atoms with Crippen LogP contribution < -0.4 is 10.6 Å². The Hall–Kier alpha value is -0.490. The highest BCUT2D eigenvalue weighted by Gasteiger charge is 2.28. The third-order valence-electron chi connectivity index (χ3n) is 3.64. The Morgan fingerprint density at radius 3 is 3.05 bits per heavy atom. The SMILES string of the molecule is CCCNC1COCC1CNC(CC)c1nccs1. The van der Waals surface area contributed by atoms with Gasteiger partial charge in [0.05, 0.1) is 19.3 Å². The molecular formula is C14H25N3OS. The molecule has 1 fully saturated rings. The van der Waals surface area contributed by atoms with E-state index in [-0.39, 0.29) is 0 Å². The standard InChI is InChI=1S/C14H25N3OS/c1-3-5-15-13-10-18-9-11(13)8-17-12(4-2)14-16-6-7-19-14/h6-7,11-13,15,17H,3-5,8-10H2,1-2H3. The molecule has 1 aromatic rings. The van der Waals surface area contributed by atoms with Crippen LogP contribution in [0, 0.1) is 5.92 Å². The van der Waals surface area contributed by atoms with E-state index in [1.807, 2.05) is 11.6 Å². The van der Waals surface area contributed by atoms with Gasteiger partial charge in [-0.05, 0) is 19.4 Å². The number of aromatic nitrogens is 1. The first kappa shape index (κ1) is 14.9. The van der Waals surface area contributed by atoms with Crippen LogP contribution >= 0.6 is 11.3 Å². The van der Waals surface area contributed by atoms with E-state index in [4.69, 9.17) is 4.74 Å². The molecule has 1 aliphatic rings. The van der Waals surface area contributed by atoms with Gasteiger partial charge in [-0.15, -0.1) is 11.3 Å². The first-order valence-electron chi connectivity index (χ1n) is 7.29. The van der Waals surface area contributed by atoms with Gasteiger partial charge in [0.15, 0.2) is 0 Å². The number of nitrogens with zero attached hydrogens (tertiary/aromatic N) is 1. The van der Waals surface area contributed by atoms with Gasteiger partial charge in [-0.25, -0.2) is 4.98 Å². The molecule has 2 N–H and O–H groups in total. The van der Waals surface area contributed by atoms with E-state index in [0.717, 1.165) is 32.7 Å². The summed E-state index contributed by atoms with van der Waals surface area (Å²) in [4.78, 5) is 4.41. The van der Waals surface area contributed by atoms with Gasteiger partial charge in [0, 0.05) is 30.1 Å². The van der Waals surface area contributed by atoms with Gasteiger partial charge in [0.25, 0.3) is 0 Å². The molecule has 2 heterocycles. The molecule has 0 aliphatic carbocycles. The van der Waals surface area contributed by atoms with Crippen LogP contribution in [0.1, 0.15) is 37.7 Å². The molecule has 0 spiro atoms. The first-order chi connectivity index (χ1) is 9.35. The smallest absolute Gasteiger partial charge is 0.109 e. The summed E-state index contributed by atoms with van der Waals surface area (Å²) in [6, 6.07) is 0.883. The fourth-order valence-electron chi connectivity index (χ4n) is 2.46. The Balaban J connectivity index is 1.80. The van der Waals surface area contributed by atoms with Crippen molar-refractivity contribution in [3.8, 4) is 0 Å². The molecule has 0 aromatic carbocycles. The molecule has 0 saturated carbocycles. The molecule has 2 rings (SSSR count). The maximum Gasteiger partial charge on any atom is 0.109 e. The molecular weight excluding hydrogens is 258 g/mol. The molecule has 3 atom stereocenters. The van der Waals surface area contributed by atoms with Gasteiger partial charge >= 0.3 is 0 Å². The molecule has 108 valence electrons. The molecule has 1 aliphatic heterocycles. The monoisotopic (exact) mass is 283 g/mol. The summed E-state index contributed by atoms with van der Waals surface area (Å²) in [6.07, 6.45) is 4.14. The third-order valence-corrected chi connectivity index (χ3v) is 4.53. The molecule has 0 amide bonds. The van der Waals surface area contributed by atoms with Crippen LogP contribution in [0.25, 0.3) is 0 Å². The summed E-state index contributed by atoms with van der Waals surface area (Å²) in [5.41, 5.74) is 0. The summed E-state index contributed by atoms with van der Waals surface area (Å²) < 4.78 is 5.61. The minimum atomic E-state index is 0.382. The second-order valence-corrected chi connectivity index (χ2v) is 6.02. The van der Waals surface area contributed by atoms with E-state index in [2.05, 4.69) is 29.5 Å². The van der Waals surface area contributed by atoms with Crippen molar-refractivity contribution >= 4 is 11.3 Å². The Kier molecular flexibility index (Phi) is 6.23. The number of nitrogens with one attached hydrogen (secondary N) is 2. The lowest BCUT2D eigenvalue weighted by molar-refractivity contribution is 0.181. The minimum absolute atomic E-state index is 0.382. The zero-order valence-electron chi connectivity index (χ0n) is 11.9. The van der Waals surface area contributed by atoms with Crippen LogP contribution in [0.3, 0.4) is 0 Å². The van der Waals surface area contributed by atoms with Crippen molar-refractivity contribution in [3.63, 3.8) is 0 Å². The van der Waals surface area contributed by atoms with E-state index in [0.29, 0.717) is 18.0 Å². The van der Waals surface area contributed by atoms with Gasteiger partial charge in [-0.2, -0.15) is 0 Å². The predicted octanol–water partition coefficient (Wildman–Crippen LogP) is 2.20. The van der Waals surface area contributed by atoms with Crippen molar-refractivity contribution in [1.29, 1.82) is 0 Å². The van der Waals surface area contributed by atoms with Crippen LogP contribution in [0.2, 0.25) is 0 Å². The topological polar surface area (TPSA) is 46.2 Å². The van der Waals surface area contributed by atoms with Gasteiger partial charge in [0.1, 0.15) is 5.01 Å². The average molecular weight is 283 g/mol. The van der Waals surface area contributed by atoms with Crippen molar-refractivity contribution in [2.45, 2.75) is 38.8 Å². The highest BCUT2D eigenvalue weighted by Crippen LogP contribution is 2.20. The van der Waals surface area contributed by atoms with Crippen molar-refractivity contribution in [2.75, 3.05) is 26.3 Å². The maximum atomic E-state index is 5.61. The maximum absolute atomic E-state index is 5.61. The van der Waals surface area contributed by atoms with E-state index < -0.39 is 0 Å². The van der Waals surface area contributed by atoms with Gasteiger partial charge in [0.2, 0.25) is 0 Å². The zero-order valence-corrected chi connectivity index (χ0v) is 12.7. The van der Waals surface area contributed by atoms with Crippen molar-refractivity contribution in [1.82, 2.24) is 15.6 Å². The van der Waals surface area contributed by atoms with E-state index in [1.54, 1.807) is 11.3 Å². The first-order valence-corrected chi connectivity index (χ1v) is 8.17. The molecule has 4 nitrogen and oxygen atoms in total. The van der Waals surface area contributed by atoms with Crippen molar-refractivity contribution in [2.24, 2.45) is 5.92 Å². The second kappa shape index (κ2) is 7.94. The highest BCUT2D eigenvalue weighted by molar-refractivity contribution is 7.09. The van der Waals surface area contributed by atoms with Crippen molar-refractivity contribution < 1.29 is 4.74 Å². The molecule has 0 bridgehead atoms. The van der Waals surface area contributed by atoms with Gasteiger partial charge in [-0.3, -0.25) is 0 Å². The van der Waals surface area contributed by atoms with Crippen LogP contribution in [0.5, 0.6) is 0 Å². The Labute approximate surface area is 120 Å². The van der Waals surface area contributed by atoms with Crippen LogP contribution in [0.4, 0.5) is 0 Å².